The van der Waals surface area contributed by atoms with Gasteiger partial charge in [0.15, 0.2) is 12.2 Å². The molecule has 7 atom stereocenters. The minimum Gasteiger partial charge on any atom is -0.462 e. The molecule has 0 aliphatic rings. The first kappa shape index (κ1) is 97.1. The lowest BCUT2D eigenvalue weighted by Gasteiger charge is -2.21. The zero-order valence-electron chi connectivity index (χ0n) is 65.1. The number of rotatable bonds is 77. The Bertz CT molecular complexity index is 1940. The molecule has 0 saturated carbocycles. The molecule has 0 spiro atoms. The van der Waals surface area contributed by atoms with Crippen LogP contribution in [0, 0.1) is 23.7 Å². The van der Waals surface area contributed by atoms with E-state index in [1.165, 1.54) is 205 Å². The molecule has 19 heteroatoms. The normalized spacial score (nSPS) is 14.6. The van der Waals surface area contributed by atoms with Gasteiger partial charge in [0.05, 0.1) is 26.4 Å². The highest BCUT2D eigenvalue weighted by Crippen LogP contribution is 2.45. The Morgan fingerprint density at radius 1 is 0.283 bits per heavy atom. The predicted molar refractivity (Wildman–Crippen MR) is 404 cm³/mol. The van der Waals surface area contributed by atoms with Crippen LogP contribution in [0.3, 0.4) is 0 Å². The Hall–Kier alpha value is -1.94. The van der Waals surface area contributed by atoms with Gasteiger partial charge in [0.1, 0.15) is 19.3 Å². The Kier molecular flexibility index (Phi) is 67.8. The number of esters is 4. The zero-order chi connectivity index (χ0) is 73.1. The molecule has 0 radical (unpaired) electrons. The van der Waals surface area contributed by atoms with Crippen molar-refractivity contribution in [3.63, 3.8) is 0 Å². The number of carbonyl (C=O) groups is 4. The Morgan fingerprint density at radius 2 is 0.485 bits per heavy atom. The van der Waals surface area contributed by atoms with Crippen LogP contribution in [0.2, 0.25) is 0 Å². The van der Waals surface area contributed by atoms with Crippen molar-refractivity contribution in [2.75, 3.05) is 39.6 Å². The minimum atomic E-state index is -4.96. The summed E-state index contributed by atoms with van der Waals surface area (Å²) in [6.45, 7) is 14.2. The highest BCUT2D eigenvalue weighted by atomic mass is 31.2. The summed E-state index contributed by atoms with van der Waals surface area (Å²) in [6, 6.07) is 0. The highest BCUT2D eigenvalue weighted by molar-refractivity contribution is 7.47. The van der Waals surface area contributed by atoms with Gasteiger partial charge in [0.25, 0.3) is 0 Å². The number of aliphatic hydroxyl groups excluding tert-OH is 1. The topological polar surface area (TPSA) is 237 Å². The van der Waals surface area contributed by atoms with Crippen LogP contribution in [-0.2, 0) is 65.4 Å². The van der Waals surface area contributed by atoms with Gasteiger partial charge in [-0.3, -0.25) is 37.3 Å². The number of unbranched alkanes of at least 4 members (excludes halogenated alkanes) is 41. The summed E-state index contributed by atoms with van der Waals surface area (Å²) in [7, 11) is -9.92. The number of carbonyl (C=O) groups excluding carboxylic acids is 4. The van der Waals surface area contributed by atoms with E-state index in [9.17, 15) is 43.2 Å². The van der Waals surface area contributed by atoms with E-state index in [0.29, 0.717) is 25.7 Å². The van der Waals surface area contributed by atoms with E-state index in [2.05, 4.69) is 55.4 Å². The van der Waals surface area contributed by atoms with Crippen molar-refractivity contribution in [1.29, 1.82) is 0 Å². The third-order valence-corrected chi connectivity index (χ3v) is 21.2. The van der Waals surface area contributed by atoms with Crippen LogP contribution in [0.15, 0.2) is 0 Å². The number of ether oxygens (including phenoxy) is 4. The third kappa shape index (κ3) is 71.5. The van der Waals surface area contributed by atoms with Gasteiger partial charge in [-0.15, -0.1) is 0 Å². The first-order chi connectivity index (χ1) is 47.7. The molecule has 0 amide bonds. The maximum absolute atomic E-state index is 13.1. The fourth-order valence-corrected chi connectivity index (χ4v) is 13.8. The largest absolute Gasteiger partial charge is 0.472 e. The van der Waals surface area contributed by atoms with E-state index in [0.717, 1.165) is 120 Å². The summed E-state index contributed by atoms with van der Waals surface area (Å²) in [5, 5.41) is 10.6. The van der Waals surface area contributed by atoms with Crippen molar-refractivity contribution in [3.8, 4) is 0 Å². The smallest absolute Gasteiger partial charge is 0.462 e. The molecule has 0 aliphatic carbocycles. The van der Waals surface area contributed by atoms with Crippen molar-refractivity contribution >= 4 is 39.5 Å². The Balaban J connectivity index is 5.19. The summed E-state index contributed by atoms with van der Waals surface area (Å²) in [5.74, 6) is 0.996. The lowest BCUT2D eigenvalue weighted by atomic mass is 9.99. The molecule has 4 unspecified atom stereocenters. The van der Waals surface area contributed by atoms with Gasteiger partial charge >= 0.3 is 39.5 Å². The van der Waals surface area contributed by atoms with E-state index in [1.54, 1.807) is 0 Å². The standard InChI is InChI=1S/C80H156O17P2/c1-9-72(7)58-50-42-34-27-23-19-15-13-11-12-14-16-20-24-28-36-46-54-62-79(84)96-75(66-90-77(82)60-52-44-35-31-30-33-41-49-57-71(5)6)68-94-98(86,87)92-64-74(81)65-93-99(88,89)95-69-76(67-91-78(83)61-53-45-39-38-43-51-59-73(8)10-2)97-80(85)63-55-47-37-29-25-21-17-18-22-26-32-40-48-56-70(3)4/h70-76,81H,9-69H2,1-8H3,(H,86,87)(H,88,89)/t72?,73?,74-,75-,76-/m1/s1. The summed E-state index contributed by atoms with van der Waals surface area (Å²) < 4.78 is 68.6. The van der Waals surface area contributed by atoms with Crippen molar-refractivity contribution in [2.24, 2.45) is 23.7 Å². The molecule has 0 fully saturated rings. The molecular formula is C80H156O17P2. The maximum atomic E-state index is 13.1. The quantitative estimate of drug-likeness (QED) is 0.0222. The molecule has 0 rings (SSSR count). The first-order valence-corrected chi connectivity index (χ1v) is 44.3. The Labute approximate surface area is 607 Å². The number of phosphoric ester groups is 2. The average Bonchev–Trinajstić information content (AvgIpc) is 1.12. The zero-order valence-corrected chi connectivity index (χ0v) is 66.9. The number of hydrogen-bond donors (Lipinski definition) is 3. The SMILES string of the molecule is CCC(C)CCCCCCCCCCCCCCCCCCCCC(=O)O[C@H](COC(=O)CCCCCCCCCCC(C)C)COP(=O)(O)OC[C@@H](O)COP(=O)(O)OC[C@@H](COC(=O)CCCCCCCCC(C)CC)OC(=O)CCCCCCCCCCCCCCCC(C)C. The second-order valence-corrected chi connectivity index (χ2v) is 33.1. The predicted octanol–water partition coefficient (Wildman–Crippen LogP) is 23.6. The number of aliphatic hydroxyl groups is 1. The van der Waals surface area contributed by atoms with E-state index >= 15 is 0 Å². The van der Waals surface area contributed by atoms with E-state index in [-0.39, 0.29) is 25.7 Å². The van der Waals surface area contributed by atoms with Crippen LogP contribution in [0.5, 0.6) is 0 Å². The van der Waals surface area contributed by atoms with Crippen LogP contribution in [0.4, 0.5) is 0 Å². The van der Waals surface area contributed by atoms with Crippen LogP contribution < -0.4 is 0 Å². The second-order valence-electron chi connectivity index (χ2n) is 30.2. The highest BCUT2D eigenvalue weighted by Gasteiger charge is 2.30. The molecule has 0 aromatic rings. The summed E-state index contributed by atoms with van der Waals surface area (Å²) >= 11 is 0. The van der Waals surface area contributed by atoms with Gasteiger partial charge in [-0.2, -0.15) is 0 Å². The summed E-state index contributed by atoms with van der Waals surface area (Å²) in [6.07, 6.45) is 55.6. The van der Waals surface area contributed by atoms with Crippen LogP contribution in [0.25, 0.3) is 0 Å². The fraction of sp³-hybridized carbons (Fsp3) is 0.950. The minimum absolute atomic E-state index is 0.106. The molecule has 0 aromatic heterocycles. The van der Waals surface area contributed by atoms with Gasteiger partial charge in [-0.1, -0.05) is 357 Å². The van der Waals surface area contributed by atoms with E-state index in [4.69, 9.17) is 37.0 Å². The van der Waals surface area contributed by atoms with Crippen LogP contribution >= 0.6 is 15.6 Å². The lowest BCUT2D eigenvalue weighted by Crippen LogP contribution is -2.30. The summed E-state index contributed by atoms with van der Waals surface area (Å²) in [5.41, 5.74) is 0. The maximum Gasteiger partial charge on any atom is 0.472 e. The van der Waals surface area contributed by atoms with Gasteiger partial charge in [0.2, 0.25) is 0 Å². The van der Waals surface area contributed by atoms with Gasteiger partial charge < -0.3 is 33.8 Å². The molecule has 0 bridgehead atoms. The molecular weight excluding hydrogens is 1290 g/mol. The van der Waals surface area contributed by atoms with Crippen molar-refractivity contribution < 1.29 is 80.2 Å². The molecule has 99 heavy (non-hydrogen) atoms. The molecule has 0 aliphatic heterocycles. The lowest BCUT2D eigenvalue weighted by molar-refractivity contribution is -0.161. The van der Waals surface area contributed by atoms with E-state index < -0.39 is 97.5 Å². The van der Waals surface area contributed by atoms with E-state index in [1.807, 2.05) is 0 Å². The van der Waals surface area contributed by atoms with Gasteiger partial charge in [-0.05, 0) is 49.4 Å². The van der Waals surface area contributed by atoms with Crippen LogP contribution in [-0.4, -0.2) is 96.7 Å². The third-order valence-electron chi connectivity index (χ3n) is 19.3. The molecule has 588 valence electrons. The molecule has 0 saturated heterocycles. The van der Waals surface area contributed by atoms with Gasteiger partial charge in [-0.25, -0.2) is 9.13 Å². The van der Waals surface area contributed by atoms with Crippen molar-refractivity contribution in [1.82, 2.24) is 0 Å². The number of phosphoric acid groups is 2. The molecule has 0 aromatic carbocycles. The van der Waals surface area contributed by atoms with Crippen LogP contribution in [0.1, 0.15) is 409 Å². The number of hydrogen-bond acceptors (Lipinski definition) is 15. The fourth-order valence-electron chi connectivity index (χ4n) is 12.2. The second kappa shape index (κ2) is 69.1. The van der Waals surface area contributed by atoms with Crippen molar-refractivity contribution in [2.45, 2.75) is 427 Å². The molecule has 0 heterocycles. The monoisotopic (exact) mass is 1450 g/mol. The molecule has 17 nitrogen and oxygen atoms in total. The Morgan fingerprint density at radius 3 is 0.717 bits per heavy atom. The molecule has 3 N–H and O–H groups in total. The summed E-state index contributed by atoms with van der Waals surface area (Å²) in [4.78, 5) is 72.9. The first-order valence-electron chi connectivity index (χ1n) is 41.3. The van der Waals surface area contributed by atoms with Crippen molar-refractivity contribution in [3.05, 3.63) is 0 Å². The average molecular weight is 1450 g/mol. The van der Waals surface area contributed by atoms with Gasteiger partial charge in [0, 0.05) is 25.7 Å².